The minimum atomic E-state index is -0.516. The molecule has 1 aromatic carbocycles. The molecule has 0 aliphatic carbocycles. The molecule has 0 spiro atoms. The van der Waals surface area contributed by atoms with Crippen molar-refractivity contribution >= 4 is 31.0 Å². The predicted octanol–water partition coefficient (Wildman–Crippen LogP) is 0.564. The van der Waals surface area contributed by atoms with Crippen molar-refractivity contribution in [2.75, 3.05) is 19.8 Å². The molecule has 1 aromatic rings. The largest absolute Gasteiger partial charge is 0.499 e. The molecule has 2 heterocycles. The predicted molar refractivity (Wildman–Crippen MR) is 83.6 cm³/mol. The van der Waals surface area contributed by atoms with Crippen molar-refractivity contribution in [2.45, 2.75) is 25.6 Å². The van der Waals surface area contributed by atoms with E-state index in [1.54, 1.807) is 6.92 Å². The van der Waals surface area contributed by atoms with Crippen molar-refractivity contribution in [2.24, 2.45) is 5.73 Å². The van der Waals surface area contributed by atoms with Crippen molar-refractivity contribution in [3.8, 4) is 5.75 Å². The van der Waals surface area contributed by atoms with Crippen molar-refractivity contribution in [1.29, 1.82) is 0 Å². The van der Waals surface area contributed by atoms with E-state index < -0.39 is 7.12 Å². The van der Waals surface area contributed by atoms with Crippen LogP contribution in [-0.2, 0) is 18.8 Å². The molecule has 0 saturated carbocycles. The van der Waals surface area contributed by atoms with Crippen LogP contribution < -0.4 is 15.9 Å². The third kappa shape index (κ3) is 3.22. The van der Waals surface area contributed by atoms with Gasteiger partial charge in [-0.1, -0.05) is 19.1 Å². The fourth-order valence-electron chi connectivity index (χ4n) is 2.57. The minimum absolute atomic E-state index is 0. The number of esters is 1. The van der Waals surface area contributed by atoms with Crippen LogP contribution in [0.25, 0.3) is 0 Å². The van der Waals surface area contributed by atoms with Crippen LogP contribution in [0.1, 0.15) is 25.0 Å². The number of hydrogen-bond acceptors (Lipinski definition) is 6. The molecule has 2 N–H and O–H groups in total. The lowest BCUT2D eigenvalue weighted by Crippen LogP contribution is -2.37. The maximum Gasteiger partial charge on any atom is 0.499 e. The monoisotopic (exact) mass is 327 g/mol. The first-order chi connectivity index (χ1) is 10.2. The van der Waals surface area contributed by atoms with Gasteiger partial charge in [-0.2, -0.15) is 0 Å². The Bertz CT molecular complexity index is 544. The third-order valence-corrected chi connectivity index (χ3v) is 3.64. The molecule has 2 aliphatic rings. The molecule has 6 nitrogen and oxygen atoms in total. The second-order valence-corrected chi connectivity index (χ2v) is 5.06. The van der Waals surface area contributed by atoms with Gasteiger partial charge in [0.2, 0.25) is 0 Å². The van der Waals surface area contributed by atoms with Gasteiger partial charge in [-0.3, -0.25) is 4.79 Å². The zero-order chi connectivity index (χ0) is 14.8. The number of ether oxygens (including phenoxy) is 2. The summed E-state index contributed by atoms with van der Waals surface area (Å²) in [5, 5.41) is 0. The van der Waals surface area contributed by atoms with Crippen molar-refractivity contribution in [3.63, 3.8) is 0 Å². The molecule has 0 amide bonds. The van der Waals surface area contributed by atoms with Crippen LogP contribution in [-0.4, -0.2) is 39.0 Å². The Morgan fingerprint density at radius 2 is 2.27 bits per heavy atom. The maximum absolute atomic E-state index is 11.3. The van der Waals surface area contributed by atoms with Crippen LogP contribution >= 0.6 is 12.4 Å². The Balaban J connectivity index is 0.00000176. The first kappa shape index (κ1) is 17.1. The van der Waals surface area contributed by atoms with E-state index in [2.05, 4.69) is 0 Å². The van der Waals surface area contributed by atoms with E-state index in [-0.39, 0.29) is 37.2 Å². The number of carbonyl (C=O) groups is 1. The summed E-state index contributed by atoms with van der Waals surface area (Å²) < 4.78 is 22.6. The van der Waals surface area contributed by atoms with Gasteiger partial charge in [-0.05, 0) is 11.6 Å². The van der Waals surface area contributed by atoms with Crippen LogP contribution in [0.5, 0.6) is 5.75 Å². The molecule has 3 rings (SSSR count). The summed E-state index contributed by atoms with van der Waals surface area (Å²) >= 11 is 0. The highest BCUT2D eigenvalue weighted by molar-refractivity contribution is 6.64. The zero-order valence-corrected chi connectivity index (χ0v) is 13.1. The fraction of sp³-hybridized carbons (Fsp3) is 0.500. The van der Waals surface area contributed by atoms with E-state index in [4.69, 9.17) is 24.5 Å². The number of rotatable bonds is 4. The lowest BCUT2D eigenvalue weighted by atomic mass is 9.77. The smallest absolute Gasteiger partial charge is 0.491 e. The van der Waals surface area contributed by atoms with E-state index in [1.165, 1.54) is 0 Å². The highest BCUT2D eigenvalue weighted by Crippen LogP contribution is 2.30. The first-order valence-corrected chi connectivity index (χ1v) is 7.15. The Morgan fingerprint density at radius 3 is 3.00 bits per heavy atom. The highest BCUT2D eigenvalue weighted by atomic mass is 35.5. The molecule has 0 radical (unpaired) electrons. The van der Waals surface area contributed by atoms with Crippen LogP contribution in [0.3, 0.4) is 0 Å². The van der Waals surface area contributed by atoms with E-state index in [0.717, 1.165) is 16.8 Å². The Labute approximate surface area is 135 Å². The van der Waals surface area contributed by atoms with Gasteiger partial charge in [0.1, 0.15) is 25.1 Å². The van der Waals surface area contributed by atoms with Crippen LogP contribution in [0.15, 0.2) is 18.2 Å². The Kier molecular flexibility index (Phi) is 5.69. The normalized spacial score (nSPS) is 22.2. The second kappa shape index (κ2) is 7.33. The molecule has 0 aromatic heterocycles. The average Bonchev–Trinajstić information content (AvgIpc) is 2.77. The van der Waals surface area contributed by atoms with Crippen molar-refractivity contribution in [3.05, 3.63) is 23.8 Å². The SMILES string of the molecule is CCC(=O)OC[C@@H]1COc2cccc3c2B(OC3CN)O1.Cl. The molecular formula is C14H19BClNO5. The zero-order valence-electron chi connectivity index (χ0n) is 12.3. The average molecular weight is 328 g/mol. The maximum atomic E-state index is 11.3. The summed E-state index contributed by atoms with van der Waals surface area (Å²) in [7, 11) is -0.516. The molecule has 0 bridgehead atoms. The fourth-order valence-corrected chi connectivity index (χ4v) is 2.57. The van der Waals surface area contributed by atoms with Gasteiger partial charge >= 0.3 is 13.1 Å². The lowest BCUT2D eigenvalue weighted by molar-refractivity contribution is -0.146. The van der Waals surface area contributed by atoms with Crippen LogP contribution in [0, 0.1) is 0 Å². The number of nitrogens with two attached hydrogens (primary N) is 1. The Morgan fingerprint density at radius 1 is 1.45 bits per heavy atom. The summed E-state index contributed by atoms with van der Waals surface area (Å²) in [6.07, 6.45) is -0.208. The molecule has 1 unspecified atom stereocenters. The molecule has 2 atom stereocenters. The van der Waals surface area contributed by atoms with Gasteiger partial charge in [-0.15, -0.1) is 12.4 Å². The quantitative estimate of drug-likeness (QED) is 0.643. The lowest BCUT2D eigenvalue weighted by Gasteiger charge is -2.18. The van der Waals surface area contributed by atoms with Crippen LogP contribution in [0.2, 0.25) is 0 Å². The van der Waals surface area contributed by atoms with Gasteiger partial charge < -0.3 is 24.5 Å². The topological polar surface area (TPSA) is 80.0 Å². The minimum Gasteiger partial charge on any atom is -0.491 e. The standard InChI is InChI=1S/C14H18BNO5.ClH/c1-2-13(17)19-8-9-7-18-11-5-3-4-10-12(6-16)21-15(20-9)14(10)11;/h3-5,9,12H,2,6-8,16H2,1H3;1H/t9-,12?;/m0./s1. The third-order valence-electron chi connectivity index (χ3n) is 3.64. The van der Waals surface area contributed by atoms with Crippen molar-refractivity contribution < 1.29 is 23.6 Å². The molecule has 0 saturated heterocycles. The van der Waals surface area contributed by atoms with Gasteiger partial charge in [-0.25, -0.2) is 0 Å². The number of hydrogen-bond donors (Lipinski definition) is 1. The van der Waals surface area contributed by atoms with Gasteiger partial charge in [0.25, 0.3) is 0 Å². The summed E-state index contributed by atoms with van der Waals surface area (Å²) in [6.45, 7) is 2.61. The molecule has 120 valence electrons. The molecular weight excluding hydrogens is 308 g/mol. The van der Waals surface area contributed by atoms with Crippen molar-refractivity contribution in [1.82, 2.24) is 0 Å². The van der Waals surface area contributed by atoms with Crippen LogP contribution in [0.4, 0.5) is 0 Å². The molecule has 0 fully saturated rings. The molecule has 22 heavy (non-hydrogen) atoms. The van der Waals surface area contributed by atoms with E-state index >= 15 is 0 Å². The molecule has 8 heteroatoms. The summed E-state index contributed by atoms with van der Waals surface area (Å²) in [5.74, 6) is 0.492. The Hall–Kier alpha value is -1.28. The molecule has 2 aliphatic heterocycles. The van der Waals surface area contributed by atoms with E-state index in [1.807, 2.05) is 18.2 Å². The summed E-state index contributed by atoms with van der Waals surface area (Å²) in [5.41, 5.74) is 7.64. The van der Waals surface area contributed by atoms with Gasteiger partial charge in [0.05, 0.1) is 6.10 Å². The number of carbonyl (C=O) groups excluding carboxylic acids is 1. The summed E-state index contributed by atoms with van der Waals surface area (Å²) in [6, 6.07) is 5.78. The van der Waals surface area contributed by atoms with E-state index in [0.29, 0.717) is 19.6 Å². The second-order valence-electron chi connectivity index (χ2n) is 5.06. The van der Waals surface area contributed by atoms with E-state index in [9.17, 15) is 4.79 Å². The summed E-state index contributed by atoms with van der Waals surface area (Å²) in [4.78, 5) is 11.3. The first-order valence-electron chi connectivity index (χ1n) is 7.15. The highest BCUT2D eigenvalue weighted by Gasteiger charge is 2.43. The number of benzene rings is 1. The van der Waals surface area contributed by atoms with Gasteiger partial charge in [0.15, 0.2) is 0 Å². The van der Waals surface area contributed by atoms with Gasteiger partial charge in [0, 0.05) is 18.4 Å². The number of halogens is 1.